The van der Waals surface area contributed by atoms with Crippen LogP contribution in [-0.2, 0) is 30.5 Å². The molecule has 13 nitrogen and oxygen atoms in total. The zero-order chi connectivity index (χ0) is 29.8. The van der Waals surface area contributed by atoms with Crippen molar-refractivity contribution in [3.05, 3.63) is 63.0 Å². The zero-order valence-corrected chi connectivity index (χ0v) is 23.0. The first kappa shape index (κ1) is 31.4. The topological polar surface area (TPSA) is 194 Å². The van der Waals surface area contributed by atoms with Gasteiger partial charge in [-0.05, 0) is 24.0 Å². The number of amides is 3. The molecule has 4 N–H and O–H groups in total. The van der Waals surface area contributed by atoms with Gasteiger partial charge in [-0.25, -0.2) is 0 Å². The quantitative estimate of drug-likeness (QED) is 0.137. The highest BCUT2D eigenvalue weighted by Crippen LogP contribution is 2.28. The summed E-state index contributed by atoms with van der Waals surface area (Å²) in [6, 6.07) is 8.92. The van der Waals surface area contributed by atoms with Gasteiger partial charge in [0.2, 0.25) is 11.7 Å². The van der Waals surface area contributed by atoms with E-state index in [2.05, 4.69) is 10.6 Å². The fraction of sp³-hybridized carbons (Fsp3) is 0.444. The molecule has 1 aromatic heterocycles. The number of carbonyl (C=O) groups is 5. The van der Waals surface area contributed by atoms with E-state index in [4.69, 9.17) is 9.84 Å². The van der Waals surface area contributed by atoms with E-state index in [0.717, 1.165) is 37.7 Å². The van der Waals surface area contributed by atoms with Gasteiger partial charge in [0.05, 0.1) is 23.0 Å². The standard InChI is InChI=1S/C27H32N4O9S/c32-23(33)14-28-27(37)24(34)20(16-40-15-18-9-5-2-6-10-18)30-25(35)19(13-17-7-3-1-4-8-17)29-26(36)21-11-12-22(41-21)31(38)39/h2,5-6,9-12,17,19-20H,1,3-4,7-8,13-16H2,(H,28,37)(H,29,36)(H,30,35)(H,32,33)/t19-,20?/m1/s1. The Bertz CT molecular complexity index is 1240. The molecule has 1 saturated carbocycles. The summed E-state index contributed by atoms with van der Waals surface area (Å²) in [7, 11) is 0. The number of thiophene rings is 1. The van der Waals surface area contributed by atoms with E-state index in [1.165, 1.54) is 12.1 Å². The molecule has 1 unspecified atom stereocenters. The molecule has 1 aliphatic carbocycles. The fourth-order valence-electron chi connectivity index (χ4n) is 4.49. The molecule has 2 atom stereocenters. The molecule has 0 radical (unpaired) electrons. The second kappa shape index (κ2) is 15.6. The molecular weight excluding hydrogens is 556 g/mol. The van der Waals surface area contributed by atoms with Crippen molar-refractivity contribution in [2.24, 2.45) is 5.92 Å². The molecule has 14 heteroatoms. The number of carboxylic acids is 1. The lowest BCUT2D eigenvalue weighted by Gasteiger charge is -2.28. The predicted octanol–water partition coefficient (Wildman–Crippen LogP) is 2.20. The van der Waals surface area contributed by atoms with Gasteiger partial charge in [0.15, 0.2) is 0 Å². The number of carboxylic acid groups (broad SMARTS) is 1. The number of ether oxygens (including phenoxy) is 1. The molecule has 1 aliphatic rings. The average molecular weight is 589 g/mol. The number of benzene rings is 1. The van der Waals surface area contributed by atoms with Crippen LogP contribution in [-0.4, -0.2) is 64.7 Å². The molecule has 0 saturated heterocycles. The number of nitrogens with one attached hydrogen (secondary N) is 3. The molecule has 1 aromatic carbocycles. The summed E-state index contributed by atoms with van der Waals surface area (Å²) in [5, 5.41) is 26.8. The highest BCUT2D eigenvalue weighted by molar-refractivity contribution is 7.17. The molecule has 220 valence electrons. The maximum Gasteiger partial charge on any atom is 0.324 e. The number of nitro groups is 1. The van der Waals surface area contributed by atoms with Gasteiger partial charge in [-0.3, -0.25) is 34.1 Å². The van der Waals surface area contributed by atoms with E-state index in [0.29, 0.717) is 11.3 Å². The first-order valence-corrected chi connectivity index (χ1v) is 14.0. The highest BCUT2D eigenvalue weighted by atomic mass is 32.1. The summed E-state index contributed by atoms with van der Waals surface area (Å²) in [4.78, 5) is 73.0. The number of rotatable bonds is 15. The average Bonchev–Trinajstić information content (AvgIpc) is 3.47. The highest BCUT2D eigenvalue weighted by Gasteiger charge is 2.33. The normalized spacial score (nSPS) is 14.8. The van der Waals surface area contributed by atoms with Gasteiger partial charge in [0.25, 0.3) is 11.8 Å². The molecule has 0 spiro atoms. The largest absolute Gasteiger partial charge is 0.480 e. The van der Waals surface area contributed by atoms with Gasteiger partial charge in [0.1, 0.15) is 18.6 Å². The number of aliphatic carboxylic acids is 1. The monoisotopic (exact) mass is 588 g/mol. The van der Waals surface area contributed by atoms with Crippen LogP contribution in [0, 0.1) is 16.0 Å². The molecule has 1 heterocycles. The fourth-order valence-corrected chi connectivity index (χ4v) is 5.21. The van der Waals surface area contributed by atoms with Crippen molar-refractivity contribution in [3.63, 3.8) is 0 Å². The number of Topliss-reactive ketones (excluding diaryl/α,β-unsaturated/α-hetero) is 1. The third kappa shape index (κ3) is 10.1. The Morgan fingerprint density at radius 3 is 2.34 bits per heavy atom. The number of carbonyl (C=O) groups excluding carboxylic acids is 4. The minimum atomic E-state index is -1.46. The van der Waals surface area contributed by atoms with E-state index in [1.807, 2.05) is 11.4 Å². The van der Waals surface area contributed by atoms with Crippen LogP contribution in [0.2, 0.25) is 0 Å². The van der Waals surface area contributed by atoms with E-state index in [-0.39, 0.29) is 35.4 Å². The minimum Gasteiger partial charge on any atom is -0.480 e. The van der Waals surface area contributed by atoms with Crippen molar-refractivity contribution in [2.45, 2.75) is 57.2 Å². The van der Waals surface area contributed by atoms with Crippen LogP contribution >= 0.6 is 11.3 Å². The molecule has 3 rings (SSSR count). The van der Waals surface area contributed by atoms with Crippen LogP contribution in [0.1, 0.15) is 53.8 Å². The van der Waals surface area contributed by atoms with E-state index >= 15 is 0 Å². The van der Waals surface area contributed by atoms with E-state index < -0.39 is 53.0 Å². The van der Waals surface area contributed by atoms with Crippen LogP contribution in [0.15, 0.2) is 42.5 Å². The molecule has 0 bridgehead atoms. The summed E-state index contributed by atoms with van der Waals surface area (Å²) in [6.45, 7) is -1.10. The molecule has 2 aromatic rings. The minimum absolute atomic E-state index is 0.0463. The molecule has 3 amide bonds. The summed E-state index contributed by atoms with van der Waals surface area (Å²) < 4.78 is 5.60. The number of nitrogens with zero attached hydrogens (tertiary/aromatic N) is 1. The van der Waals surface area contributed by atoms with Crippen LogP contribution in [0.3, 0.4) is 0 Å². The van der Waals surface area contributed by atoms with Gasteiger partial charge in [0, 0.05) is 6.07 Å². The van der Waals surface area contributed by atoms with Crippen molar-refractivity contribution in [3.8, 4) is 0 Å². The van der Waals surface area contributed by atoms with E-state index in [9.17, 15) is 34.1 Å². The first-order chi connectivity index (χ1) is 19.6. The predicted molar refractivity (Wildman–Crippen MR) is 147 cm³/mol. The lowest BCUT2D eigenvalue weighted by atomic mass is 9.84. The number of hydrogen-bond donors (Lipinski definition) is 4. The zero-order valence-electron chi connectivity index (χ0n) is 22.2. The lowest BCUT2D eigenvalue weighted by molar-refractivity contribution is -0.380. The Hall–Kier alpha value is -4.17. The molecule has 1 fully saturated rings. The van der Waals surface area contributed by atoms with Crippen molar-refractivity contribution >= 4 is 45.8 Å². The Kier molecular flexibility index (Phi) is 11.9. The first-order valence-electron chi connectivity index (χ1n) is 13.1. The van der Waals surface area contributed by atoms with Crippen molar-refractivity contribution in [1.29, 1.82) is 0 Å². The van der Waals surface area contributed by atoms with Crippen molar-refractivity contribution in [2.75, 3.05) is 13.2 Å². The summed E-state index contributed by atoms with van der Waals surface area (Å²) in [6.07, 6.45) is 4.99. The number of ketones is 1. The van der Waals surface area contributed by atoms with Gasteiger partial charge in [-0.15, -0.1) is 0 Å². The van der Waals surface area contributed by atoms with Crippen LogP contribution in [0.4, 0.5) is 5.00 Å². The van der Waals surface area contributed by atoms with Gasteiger partial charge in [-0.1, -0.05) is 73.8 Å². The van der Waals surface area contributed by atoms with Gasteiger partial charge >= 0.3 is 11.0 Å². The van der Waals surface area contributed by atoms with Crippen LogP contribution < -0.4 is 16.0 Å². The van der Waals surface area contributed by atoms with E-state index in [1.54, 1.807) is 24.3 Å². The Balaban J connectivity index is 1.75. The van der Waals surface area contributed by atoms with Crippen molar-refractivity contribution in [1.82, 2.24) is 16.0 Å². The molecule has 0 aliphatic heterocycles. The smallest absolute Gasteiger partial charge is 0.324 e. The van der Waals surface area contributed by atoms with Crippen LogP contribution in [0.25, 0.3) is 0 Å². The van der Waals surface area contributed by atoms with Crippen LogP contribution in [0.5, 0.6) is 0 Å². The second-order valence-corrected chi connectivity index (χ2v) is 10.7. The lowest BCUT2D eigenvalue weighted by Crippen LogP contribution is -2.56. The Morgan fingerprint density at radius 1 is 1.00 bits per heavy atom. The third-order valence-corrected chi connectivity index (χ3v) is 7.60. The molecule has 41 heavy (non-hydrogen) atoms. The number of hydrogen-bond acceptors (Lipinski definition) is 9. The SMILES string of the molecule is O=C(O)CNC(=O)C(=O)C(COCc1ccccc1)NC(=O)[C@@H](CC1CCCCC1)NC(=O)c1ccc([N+](=O)[O-])s1. The summed E-state index contributed by atoms with van der Waals surface area (Å²) in [5.41, 5.74) is 0.785. The maximum absolute atomic E-state index is 13.5. The third-order valence-electron chi connectivity index (χ3n) is 6.56. The second-order valence-electron chi connectivity index (χ2n) is 9.66. The van der Waals surface area contributed by atoms with Crippen molar-refractivity contribution < 1.29 is 38.7 Å². The summed E-state index contributed by atoms with van der Waals surface area (Å²) in [5.74, 6) is -4.95. The summed E-state index contributed by atoms with van der Waals surface area (Å²) >= 11 is 0.671. The Labute approximate surface area is 239 Å². The maximum atomic E-state index is 13.5. The van der Waals surface area contributed by atoms with Gasteiger partial charge < -0.3 is 25.8 Å². The molecular formula is C27H32N4O9S. The van der Waals surface area contributed by atoms with Gasteiger partial charge in [-0.2, -0.15) is 0 Å². The Morgan fingerprint density at radius 2 is 1.71 bits per heavy atom.